The van der Waals surface area contributed by atoms with Gasteiger partial charge < -0.3 is 10.2 Å². The topological polar surface area (TPSA) is 67.2 Å². The van der Waals surface area contributed by atoms with Crippen LogP contribution in [0.3, 0.4) is 0 Å². The SMILES string of the molecule is CCn1c(NCc2ccc(C(F)(F)F)cc2)nc2c(c1=O)CN(C(=O)c1ccc(C)cc1)CC2. The molecule has 0 bridgehead atoms. The number of carbonyl (C=O) groups excluding carboxylic acids is 1. The Labute approximate surface area is 195 Å². The van der Waals surface area contributed by atoms with E-state index >= 15 is 0 Å². The van der Waals surface area contributed by atoms with Crippen molar-refractivity contribution in [2.24, 2.45) is 0 Å². The number of rotatable bonds is 5. The predicted molar refractivity (Wildman–Crippen MR) is 123 cm³/mol. The number of nitrogens with zero attached hydrogens (tertiary/aromatic N) is 3. The largest absolute Gasteiger partial charge is 0.416 e. The molecular weight excluding hydrogens is 445 g/mol. The van der Waals surface area contributed by atoms with E-state index in [1.807, 2.05) is 26.0 Å². The molecule has 0 saturated carbocycles. The van der Waals surface area contributed by atoms with Gasteiger partial charge in [0.2, 0.25) is 5.95 Å². The number of halogens is 3. The van der Waals surface area contributed by atoms with Gasteiger partial charge in [-0.25, -0.2) is 4.98 Å². The summed E-state index contributed by atoms with van der Waals surface area (Å²) in [5.41, 5.74) is 2.48. The van der Waals surface area contributed by atoms with Crippen molar-refractivity contribution in [1.29, 1.82) is 0 Å². The maximum Gasteiger partial charge on any atom is 0.416 e. The zero-order valence-corrected chi connectivity index (χ0v) is 18.9. The first kappa shape index (κ1) is 23.5. The maximum absolute atomic E-state index is 13.2. The van der Waals surface area contributed by atoms with Crippen LogP contribution < -0.4 is 10.9 Å². The third-order valence-corrected chi connectivity index (χ3v) is 5.95. The molecule has 34 heavy (non-hydrogen) atoms. The van der Waals surface area contributed by atoms with Crippen LogP contribution in [-0.4, -0.2) is 26.9 Å². The van der Waals surface area contributed by atoms with E-state index in [1.54, 1.807) is 17.0 Å². The molecule has 4 rings (SSSR count). The Balaban J connectivity index is 1.53. The van der Waals surface area contributed by atoms with E-state index in [2.05, 4.69) is 10.3 Å². The number of aryl methyl sites for hydroxylation is 1. The first-order chi connectivity index (χ1) is 16.2. The van der Waals surface area contributed by atoms with Crippen LogP contribution in [0.25, 0.3) is 0 Å². The van der Waals surface area contributed by atoms with Crippen molar-refractivity contribution in [3.05, 3.63) is 92.4 Å². The average molecular weight is 470 g/mol. The van der Waals surface area contributed by atoms with Crippen LogP contribution in [0, 0.1) is 6.92 Å². The van der Waals surface area contributed by atoms with E-state index in [0.29, 0.717) is 47.8 Å². The number of anilines is 1. The number of hydrogen-bond acceptors (Lipinski definition) is 4. The Kier molecular flexibility index (Phi) is 6.45. The number of hydrogen-bond donors (Lipinski definition) is 1. The molecule has 0 radical (unpaired) electrons. The molecule has 1 aromatic heterocycles. The van der Waals surface area contributed by atoms with Crippen molar-refractivity contribution in [2.45, 2.75) is 46.1 Å². The smallest absolute Gasteiger partial charge is 0.351 e. The van der Waals surface area contributed by atoms with Gasteiger partial charge in [0.15, 0.2) is 0 Å². The number of amides is 1. The van der Waals surface area contributed by atoms with E-state index in [0.717, 1.165) is 17.7 Å². The second-order valence-corrected chi connectivity index (χ2v) is 8.30. The lowest BCUT2D eigenvalue weighted by molar-refractivity contribution is -0.137. The molecule has 0 atom stereocenters. The number of carbonyl (C=O) groups is 1. The Hall–Kier alpha value is -3.62. The molecule has 178 valence electrons. The third kappa shape index (κ3) is 4.83. The molecule has 1 aliphatic heterocycles. The highest BCUT2D eigenvalue weighted by molar-refractivity contribution is 5.94. The van der Waals surface area contributed by atoms with Crippen LogP contribution in [-0.2, 0) is 32.2 Å². The van der Waals surface area contributed by atoms with E-state index in [1.165, 1.54) is 16.7 Å². The van der Waals surface area contributed by atoms with Gasteiger partial charge in [-0.1, -0.05) is 29.8 Å². The third-order valence-electron chi connectivity index (χ3n) is 5.95. The van der Waals surface area contributed by atoms with Crippen molar-refractivity contribution in [3.8, 4) is 0 Å². The second-order valence-electron chi connectivity index (χ2n) is 8.30. The summed E-state index contributed by atoms with van der Waals surface area (Å²) in [6.07, 6.45) is -3.94. The Morgan fingerprint density at radius 3 is 2.38 bits per heavy atom. The molecular formula is C25H25F3N4O2. The fourth-order valence-corrected chi connectivity index (χ4v) is 3.99. The summed E-state index contributed by atoms with van der Waals surface area (Å²) in [5.74, 6) is 0.238. The van der Waals surface area contributed by atoms with Gasteiger partial charge in [0.25, 0.3) is 11.5 Å². The summed E-state index contributed by atoms with van der Waals surface area (Å²) in [6, 6.07) is 12.2. The maximum atomic E-state index is 13.2. The molecule has 3 aromatic rings. The van der Waals surface area contributed by atoms with Crippen LogP contribution in [0.5, 0.6) is 0 Å². The van der Waals surface area contributed by atoms with E-state index in [9.17, 15) is 22.8 Å². The zero-order valence-electron chi connectivity index (χ0n) is 18.9. The van der Waals surface area contributed by atoms with Crippen LogP contribution in [0.2, 0.25) is 0 Å². The first-order valence-corrected chi connectivity index (χ1v) is 11.1. The molecule has 0 saturated heterocycles. The highest BCUT2D eigenvalue weighted by Crippen LogP contribution is 2.29. The summed E-state index contributed by atoms with van der Waals surface area (Å²) < 4.78 is 39.8. The fraction of sp³-hybridized carbons (Fsp3) is 0.320. The molecule has 1 aliphatic rings. The quantitative estimate of drug-likeness (QED) is 0.600. The van der Waals surface area contributed by atoms with Crippen molar-refractivity contribution < 1.29 is 18.0 Å². The average Bonchev–Trinajstić information content (AvgIpc) is 2.82. The van der Waals surface area contributed by atoms with Crippen LogP contribution in [0.4, 0.5) is 19.1 Å². The number of benzene rings is 2. The molecule has 0 aliphatic carbocycles. The van der Waals surface area contributed by atoms with Crippen LogP contribution >= 0.6 is 0 Å². The molecule has 2 aromatic carbocycles. The molecule has 9 heteroatoms. The lowest BCUT2D eigenvalue weighted by Crippen LogP contribution is -2.41. The van der Waals surface area contributed by atoms with Gasteiger partial charge in [-0.3, -0.25) is 14.2 Å². The fourth-order valence-electron chi connectivity index (χ4n) is 3.99. The van der Waals surface area contributed by atoms with E-state index < -0.39 is 11.7 Å². The summed E-state index contributed by atoms with van der Waals surface area (Å²) in [4.78, 5) is 32.4. The van der Waals surface area contributed by atoms with Gasteiger partial charge in [-0.2, -0.15) is 13.2 Å². The van der Waals surface area contributed by atoms with Gasteiger partial charge in [0.1, 0.15) is 0 Å². The van der Waals surface area contributed by atoms with Crippen molar-refractivity contribution in [2.75, 3.05) is 11.9 Å². The molecule has 0 unspecified atom stereocenters. The first-order valence-electron chi connectivity index (χ1n) is 11.1. The van der Waals surface area contributed by atoms with E-state index in [4.69, 9.17) is 0 Å². The number of alkyl halides is 3. The molecule has 0 spiro atoms. The number of aromatic nitrogens is 2. The summed E-state index contributed by atoms with van der Waals surface area (Å²) in [5, 5.41) is 3.08. The summed E-state index contributed by atoms with van der Waals surface area (Å²) in [6.45, 7) is 4.99. The Morgan fingerprint density at radius 1 is 1.09 bits per heavy atom. The highest BCUT2D eigenvalue weighted by atomic mass is 19.4. The van der Waals surface area contributed by atoms with Gasteiger partial charge in [0.05, 0.1) is 23.4 Å². The molecule has 0 fully saturated rings. The lowest BCUT2D eigenvalue weighted by Gasteiger charge is -2.29. The van der Waals surface area contributed by atoms with Gasteiger partial charge in [-0.05, 0) is 43.7 Å². The summed E-state index contributed by atoms with van der Waals surface area (Å²) >= 11 is 0. The zero-order chi connectivity index (χ0) is 24.5. The lowest BCUT2D eigenvalue weighted by atomic mass is 10.0. The monoisotopic (exact) mass is 470 g/mol. The number of fused-ring (bicyclic) bond motifs is 1. The minimum Gasteiger partial charge on any atom is -0.351 e. The number of nitrogens with one attached hydrogen (secondary N) is 1. The van der Waals surface area contributed by atoms with Crippen molar-refractivity contribution in [1.82, 2.24) is 14.5 Å². The van der Waals surface area contributed by atoms with Crippen LogP contribution in [0.1, 0.15) is 45.2 Å². The van der Waals surface area contributed by atoms with Crippen LogP contribution in [0.15, 0.2) is 53.3 Å². The van der Waals surface area contributed by atoms with E-state index in [-0.39, 0.29) is 24.6 Å². The Morgan fingerprint density at radius 2 is 1.76 bits per heavy atom. The standard InChI is InChI=1S/C25H25F3N4O2/c1-3-32-23(34)20-15-31(22(33)18-8-4-16(2)5-9-18)13-12-21(20)30-24(32)29-14-17-6-10-19(11-7-17)25(26,27)28/h4-11H,3,12-15H2,1-2H3,(H,29,30). The summed E-state index contributed by atoms with van der Waals surface area (Å²) in [7, 11) is 0. The van der Waals surface area contributed by atoms with Crippen molar-refractivity contribution >= 4 is 11.9 Å². The van der Waals surface area contributed by atoms with Gasteiger partial charge >= 0.3 is 6.18 Å². The van der Waals surface area contributed by atoms with Crippen molar-refractivity contribution in [3.63, 3.8) is 0 Å². The molecule has 2 heterocycles. The minimum atomic E-state index is -4.39. The predicted octanol–water partition coefficient (Wildman–Crippen LogP) is 4.40. The normalized spacial score (nSPS) is 13.5. The minimum absolute atomic E-state index is 0.127. The van der Waals surface area contributed by atoms with Gasteiger partial charge in [-0.15, -0.1) is 0 Å². The molecule has 6 nitrogen and oxygen atoms in total. The second kappa shape index (κ2) is 9.32. The molecule has 1 amide bonds. The molecule has 1 N–H and O–H groups in total. The van der Waals surface area contributed by atoms with Gasteiger partial charge in [0, 0.05) is 31.6 Å². The Bertz CT molecular complexity index is 1250. The highest BCUT2D eigenvalue weighted by Gasteiger charge is 2.30.